The van der Waals surface area contributed by atoms with E-state index in [9.17, 15) is 18.8 Å². The standard InChI is InChI=1S/C26H22FN3O5/c27-19-6-2-4-8-21(19)30-14-17(12-24(30)31)25(32)29-20-7-3-1-5-18(20)26(33)28-13-16-9-10-22-23(11-16)35-15-34-22/h1-11,17H,12-15H2,(H,28,33)(H,29,32)/t17-/m0/s1. The van der Waals surface area contributed by atoms with E-state index in [1.165, 1.54) is 23.1 Å². The molecule has 1 fully saturated rings. The van der Waals surface area contributed by atoms with E-state index in [0.29, 0.717) is 17.2 Å². The highest BCUT2D eigenvalue weighted by Crippen LogP contribution is 2.32. The first-order valence-corrected chi connectivity index (χ1v) is 11.1. The molecule has 5 rings (SSSR count). The van der Waals surface area contributed by atoms with E-state index in [1.807, 2.05) is 6.07 Å². The Morgan fingerprint density at radius 2 is 1.77 bits per heavy atom. The number of carbonyl (C=O) groups is 3. The number of ether oxygens (including phenoxy) is 2. The lowest BCUT2D eigenvalue weighted by atomic mass is 10.1. The number of nitrogens with one attached hydrogen (secondary N) is 2. The third-order valence-corrected chi connectivity index (χ3v) is 5.96. The molecule has 3 aromatic carbocycles. The zero-order valence-electron chi connectivity index (χ0n) is 18.6. The zero-order valence-corrected chi connectivity index (χ0v) is 18.6. The zero-order chi connectivity index (χ0) is 24.4. The Kier molecular flexibility index (Phi) is 6.05. The molecule has 8 nitrogen and oxygen atoms in total. The number of carbonyl (C=O) groups excluding carboxylic acids is 3. The molecule has 1 saturated heterocycles. The van der Waals surface area contributed by atoms with Gasteiger partial charge in [0.1, 0.15) is 5.82 Å². The number of halogens is 1. The van der Waals surface area contributed by atoms with Crippen LogP contribution in [0.3, 0.4) is 0 Å². The number of rotatable bonds is 6. The summed E-state index contributed by atoms with van der Waals surface area (Å²) < 4.78 is 24.8. The van der Waals surface area contributed by atoms with Gasteiger partial charge in [0.15, 0.2) is 11.5 Å². The SMILES string of the molecule is O=C(NCc1ccc2c(c1)OCO2)c1ccccc1NC(=O)[C@H]1CC(=O)N(c2ccccc2F)C1. The third-order valence-electron chi connectivity index (χ3n) is 5.96. The number of para-hydroxylation sites is 2. The fourth-order valence-corrected chi connectivity index (χ4v) is 4.14. The van der Waals surface area contributed by atoms with Crippen molar-refractivity contribution in [1.82, 2.24) is 5.32 Å². The van der Waals surface area contributed by atoms with E-state index in [4.69, 9.17) is 9.47 Å². The lowest BCUT2D eigenvalue weighted by Gasteiger charge is -2.17. The maximum absolute atomic E-state index is 14.1. The van der Waals surface area contributed by atoms with E-state index < -0.39 is 17.6 Å². The summed E-state index contributed by atoms with van der Waals surface area (Å²) in [4.78, 5) is 39.6. The van der Waals surface area contributed by atoms with Gasteiger partial charge in [0.05, 0.1) is 22.9 Å². The molecule has 0 spiro atoms. The van der Waals surface area contributed by atoms with E-state index >= 15 is 0 Å². The van der Waals surface area contributed by atoms with E-state index in [-0.39, 0.29) is 49.4 Å². The largest absolute Gasteiger partial charge is 0.454 e. The second-order valence-electron chi connectivity index (χ2n) is 8.26. The summed E-state index contributed by atoms with van der Waals surface area (Å²) >= 11 is 0. The van der Waals surface area contributed by atoms with Gasteiger partial charge < -0.3 is 25.0 Å². The fraction of sp³-hybridized carbons (Fsp3) is 0.192. The van der Waals surface area contributed by atoms with Crippen LogP contribution in [0.5, 0.6) is 11.5 Å². The van der Waals surface area contributed by atoms with Crippen LogP contribution >= 0.6 is 0 Å². The predicted molar refractivity (Wildman–Crippen MR) is 126 cm³/mol. The van der Waals surface area contributed by atoms with Crippen LogP contribution in [0, 0.1) is 11.7 Å². The molecular formula is C26H22FN3O5. The first-order valence-electron chi connectivity index (χ1n) is 11.1. The van der Waals surface area contributed by atoms with Gasteiger partial charge in [-0.2, -0.15) is 0 Å². The number of hydrogen-bond donors (Lipinski definition) is 2. The smallest absolute Gasteiger partial charge is 0.253 e. The van der Waals surface area contributed by atoms with Crippen LogP contribution in [0.2, 0.25) is 0 Å². The molecule has 9 heteroatoms. The van der Waals surface area contributed by atoms with E-state index in [1.54, 1.807) is 42.5 Å². The number of hydrogen-bond acceptors (Lipinski definition) is 5. The predicted octanol–water partition coefficient (Wildman–Crippen LogP) is 3.48. The van der Waals surface area contributed by atoms with Crippen LogP contribution in [0.1, 0.15) is 22.3 Å². The normalized spacial score (nSPS) is 16.3. The Bertz CT molecular complexity index is 1310. The van der Waals surface area contributed by atoms with E-state index in [0.717, 1.165) is 5.56 Å². The summed E-state index contributed by atoms with van der Waals surface area (Å²) in [5.74, 6) is -1.02. The number of fused-ring (bicyclic) bond motifs is 1. The summed E-state index contributed by atoms with van der Waals surface area (Å²) in [5, 5.41) is 5.60. The number of anilines is 2. The average Bonchev–Trinajstić information content (AvgIpc) is 3.49. The average molecular weight is 475 g/mol. The number of amides is 3. The fourth-order valence-electron chi connectivity index (χ4n) is 4.14. The molecule has 3 aromatic rings. The van der Waals surface area contributed by atoms with Crippen molar-refractivity contribution < 1.29 is 28.2 Å². The molecule has 3 amide bonds. The summed E-state index contributed by atoms with van der Waals surface area (Å²) in [5.41, 5.74) is 1.60. The topological polar surface area (TPSA) is 97.0 Å². The molecule has 35 heavy (non-hydrogen) atoms. The van der Waals surface area contributed by atoms with Crippen molar-refractivity contribution in [3.63, 3.8) is 0 Å². The molecule has 0 aromatic heterocycles. The molecule has 0 unspecified atom stereocenters. The second-order valence-corrected chi connectivity index (χ2v) is 8.26. The molecular weight excluding hydrogens is 453 g/mol. The number of nitrogens with zero attached hydrogens (tertiary/aromatic N) is 1. The lowest BCUT2D eigenvalue weighted by molar-refractivity contribution is -0.122. The molecule has 1 atom stereocenters. The van der Waals surface area contributed by atoms with Gasteiger partial charge in [-0.25, -0.2) is 4.39 Å². The van der Waals surface area contributed by atoms with E-state index in [2.05, 4.69) is 10.6 Å². The van der Waals surface area contributed by atoms with Crippen molar-refractivity contribution in [1.29, 1.82) is 0 Å². The minimum Gasteiger partial charge on any atom is -0.454 e. The van der Waals surface area contributed by atoms with Gasteiger partial charge in [0, 0.05) is 19.5 Å². The van der Waals surface area contributed by atoms with Crippen molar-refractivity contribution in [2.45, 2.75) is 13.0 Å². The van der Waals surface area contributed by atoms with Crippen LogP contribution in [-0.4, -0.2) is 31.1 Å². The molecule has 0 bridgehead atoms. The Morgan fingerprint density at radius 3 is 2.63 bits per heavy atom. The highest BCUT2D eigenvalue weighted by Gasteiger charge is 2.36. The third kappa shape index (κ3) is 4.65. The van der Waals surface area contributed by atoms with Gasteiger partial charge in [0.2, 0.25) is 18.6 Å². The number of benzene rings is 3. The first-order chi connectivity index (χ1) is 17.0. The molecule has 0 radical (unpaired) electrons. The van der Waals surface area contributed by atoms with Gasteiger partial charge in [0.25, 0.3) is 5.91 Å². The first kappa shape index (κ1) is 22.4. The van der Waals surface area contributed by atoms with Crippen LogP contribution < -0.4 is 25.0 Å². The quantitative estimate of drug-likeness (QED) is 0.569. The molecule has 2 heterocycles. The minimum atomic E-state index is -0.674. The summed E-state index contributed by atoms with van der Waals surface area (Å²) in [6.45, 7) is 0.486. The molecule has 0 aliphatic carbocycles. The van der Waals surface area contributed by atoms with Crippen molar-refractivity contribution >= 4 is 29.1 Å². The lowest BCUT2D eigenvalue weighted by Crippen LogP contribution is -2.30. The Morgan fingerprint density at radius 1 is 1.00 bits per heavy atom. The highest BCUT2D eigenvalue weighted by molar-refractivity contribution is 6.07. The monoisotopic (exact) mass is 475 g/mol. The van der Waals surface area contributed by atoms with Crippen molar-refractivity contribution in [2.24, 2.45) is 5.92 Å². The summed E-state index contributed by atoms with van der Waals surface area (Å²) in [6.07, 6.45) is -0.0430. The molecule has 178 valence electrons. The van der Waals surface area contributed by atoms with Crippen molar-refractivity contribution in [2.75, 3.05) is 23.6 Å². The van der Waals surface area contributed by atoms with Crippen molar-refractivity contribution in [3.8, 4) is 11.5 Å². The molecule has 0 saturated carbocycles. The minimum absolute atomic E-state index is 0.0430. The summed E-state index contributed by atoms with van der Waals surface area (Å²) in [6, 6.07) is 18.0. The van der Waals surface area contributed by atoms with Gasteiger partial charge in [-0.1, -0.05) is 30.3 Å². The summed E-state index contributed by atoms with van der Waals surface area (Å²) in [7, 11) is 0. The molecule has 2 aliphatic heterocycles. The van der Waals surface area contributed by atoms with Crippen LogP contribution in [-0.2, 0) is 16.1 Å². The van der Waals surface area contributed by atoms with Crippen LogP contribution in [0.15, 0.2) is 66.7 Å². The van der Waals surface area contributed by atoms with Gasteiger partial charge >= 0.3 is 0 Å². The highest BCUT2D eigenvalue weighted by atomic mass is 19.1. The molecule has 2 N–H and O–H groups in total. The molecule has 2 aliphatic rings. The van der Waals surface area contributed by atoms with Crippen LogP contribution in [0.4, 0.5) is 15.8 Å². The second kappa shape index (κ2) is 9.46. The van der Waals surface area contributed by atoms with Gasteiger partial charge in [-0.05, 0) is 42.0 Å². The van der Waals surface area contributed by atoms with Crippen LogP contribution in [0.25, 0.3) is 0 Å². The Labute approximate surface area is 200 Å². The van der Waals surface area contributed by atoms with Gasteiger partial charge in [-0.3, -0.25) is 14.4 Å². The maximum atomic E-state index is 14.1. The Hall–Kier alpha value is -4.40. The Balaban J connectivity index is 1.24. The maximum Gasteiger partial charge on any atom is 0.253 e. The van der Waals surface area contributed by atoms with Crippen molar-refractivity contribution in [3.05, 3.63) is 83.7 Å². The van der Waals surface area contributed by atoms with Gasteiger partial charge in [-0.15, -0.1) is 0 Å².